The number of ether oxygens (including phenoxy) is 1. The largest absolute Gasteiger partial charge is 0.484 e. The summed E-state index contributed by atoms with van der Waals surface area (Å²) in [5.41, 5.74) is 5.35. The summed E-state index contributed by atoms with van der Waals surface area (Å²) in [5, 5.41) is 2.77. The van der Waals surface area contributed by atoms with Gasteiger partial charge < -0.3 is 15.8 Å². The lowest BCUT2D eigenvalue weighted by molar-refractivity contribution is -0.123. The summed E-state index contributed by atoms with van der Waals surface area (Å²) < 4.78 is 6.30. The Labute approximate surface area is 122 Å². The maximum absolute atomic E-state index is 11.4. The second-order valence-corrected chi connectivity index (χ2v) is 4.50. The average molecular weight is 338 g/mol. The first kappa shape index (κ1) is 17.2. The van der Waals surface area contributed by atoms with Crippen LogP contribution < -0.4 is 15.8 Å². The lowest BCUT2D eigenvalue weighted by Gasteiger charge is -2.07. The van der Waals surface area contributed by atoms with Crippen molar-refractivity contribution in [2.45, 2.75) is 12.8 Å². The molecule has 0 heterocycles. The molecule has 1 aromatic rings. The van der Waals surface area contributed by atoms with Crippen LogP contribution in [-0.4, -0.2) is 25.6 Å². The van der Waals surface area contributed by atoms with Crippen molar-refractivity contribution in [1.82, 2.24) is 5.32 Å². The quantitative estimate of drug-likeness (QED) is 0.749. The Morgan fingerprint density at radius 1 is 1.28 bits per heavy atom. The van der Waals surface area contributed by atoms with Crippen LogP contribution in [0.15, 0.2) is 28.7 Å². The van der Waals surface area contributed by atoms with E-state index in [-0.39, 0.29) is 24.9 Å². The highest BCUT2D eigenvalue weighted by Crippen LogP contribution is 2.15. The molecule has 0 saturated heterocycles. The number of carbonyl (C=O) groups is 1. The maximum atomic E-state index is 11.4. The van der Waals surface area contributed by atoms with E-state index in [4.69, 9.17) is 10.5 Å². The van der Waals surface area contributed by atoms with Gasteiger partial charge in [0, 0.05) is 11.0 Å². The normalized spacial score (nSPS) is 9.44. The van der Waals surface area contributed by atoms with Crippen molar-refractivity contribution in [3.8, 4) is 5.75 Å². The van der Waals surface area contributed by atoms with E-state index in [0.29, 0.717) is 18.8 Å². The molecular formula is C12H18BrClN2O2. The molecular weight excluding hydrogens is 320 g/mol. The van der Waals surface area contributed by atoms with Crippen molar-refractivity contribution in [2.24, 2.45) is 5.73 Å². The van der Waals surface area contributed by atoms with Gasteiger partial charge in [-0.2, -0.15) is 0 Å². The molecule has 102 valence electrons. The van der Waals surface area contributed by atoms with Crippen LogP contribution in [0, 0.1) is 0 Å². The number of amides is 1. The van der Waals surface area contributed by atoms with Crippen LogP contribution >= 0.6 is 28.3 Å². The van der Waals surface area contributed by atoms with E-state index in [1.165, 1.54) is 0 Å². The number of nitrogens with two attached hydrogens (primary N) is 1. The molecule has 4 nitrogen and oxygen atoms in total. The molecule has 6 heteroatoms. The van der Waals surface area contributed by atoms with E-state index in [1.807, 2.05) is 24.3 Å². The molecule has 0 bridgehead atoms. The van der Waals surface area contributed by atoms with Gasteiger partial charge in [0.05, 0.1) is 0 Å². The Morgan fingerprint density at radius 2 is 1.94 bits per heavy atom. The summed E-state index contributed by atoms with van der Waals surface area (Å²) in [6, 6.07) is 7.36. The van der Waals surface area contributed by atoms with Gasteiger partial charge in [-0.05, 0) is 43.7 Å². The molecule has 0 aliphatic heterocycles. The van der Waals surface area contributed by atoms with Gasteiger partial charge in [-0.1, -0.05) is 15.9 Å². The van der Waals surface area contributed by atoms with Crippen LogP contribution in [0.3, 0.4) is 0 Å². The van der Waals surface area contributed by atoms with Crippen LogP contribution in [0.4, 0.5) is 0 Å². The van der Waals surface area contributed by atoms with E-state index < -0.39 is 0 Å². The van der Waals surface area contributed by atoms with E-state index in [2.05, 4.69) is 21.2 Å². The standard InChI is InChI=1S/C12H17BrN2O2.ClH/c13-10-3-5-11(6-4-10)17-9-12(16)15-8-2-1-7-14;/h3-6H,1-2,7-9,14H2,(H,15,16);1H. The Kier molecular flexibility index (Phi) is 9.73. The van der Waals surface area contributed by atoms with E-state index >= 15 is 0 Å². The van der Waals surface area contributed by atoms with Gasteiger partial charge in [0.1, 0.15) is 5.75 Å². The van der Waals surface area contributed by atoms with Gasteiger partial charge >= 0.3 is 0 Å². The van der Waals surface area contributed by atoms with Crippen molar-refractivity contribution in [1.29, 1.82) is 0 Å². The number of halogens is 2. The highest BCUT2D eigenvalue weighted by molar-refractivity contribution is 9.10. The van der Waals surface area contributed by atoms with Crippen LogP contribution in [0.1, 0.15) is 12.8 Å². The monoisotopic (exact) mass is 336 g/mol. The third-order valence-electron chi connectivity index (χ3n) is 2.14. The average Bonchev–Trinajstić information content (AvgIpc) is 2.34. The summed E-state index contributed by atoms with van der Waals surface area (Å²) in [6.07, 6.45) is 1.83. The van der Waals surface area contributed by atoms with Crippen molar-refractivity contribution in [3.63, 3.8) is 0 Å². The van der Waals surface area contributed by atoms with Crippen molar-refractivity contribution < 1.29 is 9.53 Å². The van der Waals surface area contributed by atoms with Gasteiger partial charge in [0.2, 0.25) is 0 Å². The first-order valence-corrected chi connectivity index (χ1v) is 6.37. The zero-order chi connectivity index (χ0) is 12.5. The minimum atomic E-state index is -0.107. The second kappa shape index (κ2) is 10.2. The van der Waals surface area contributed by atoms with Crippen LogP contribution in [0.5, 0.6) is 5.75 Å². The van der Waals surface area contributed by atoms with E-state index in [0.717, 1.165) is 17.3 Å². The Hall–Kier alpha value is -0.780. The highest BCUT2D eigenvalue weighted by Gasteiger charge is 2.01. The van der Waals surface area contributed by atoms with Crippen molar-refractivity contribution >= 4 is 34.2 Å². The van der Waals surface area contributed by atoms with Gasteiger partial charge in [-0.15, -0.1) is 12.4 Å². The Bertz CT molecular complexity index is 346. The molecule has 1 amide bonds. The lowest BCUT2D eigenvalue weighted by atomic mass is 10.3. The summed E-state index contributed by atoms with van der Waals surface area (Å²) in [5.74, 6) is 0.579. The topological polar surface area (TPSA) is 64.3 Å². The number of hydrogen-bond donors (Lipinski definition) is 2. The molecule has 0 fully saturated rings. The molecule has 0 unspecified atom stereocenters. The lowest BCUT2D eigenvalue weighted by Crippen LogP contribution is -2.29. The fraction of sp³-hybridized carbons (Fsp3) is 0.417. The minimum absolute atomic E-state index is 0. The van der Waals surface area contributed by atoms with Crippen LogP contribution in [-0.2, 0) is 4.79 Å². The number of unbranched alkanes of at least 4 members (excludes halogenated alkanes) is 1. The van der Waals surface area contributed by atoms with Gasteiger partial charge in [-0.25, -0.2) is 0 Å². The summed E-state index contributed by atoms with van der Waals surface area (Å²) in [7, 11) is 0. The number of carbonyl (C=O) groups excluding carboxylic acids is 1. The van der Waals surface area contributed by atoms with Crippen LogP contribution in [0.25, 0.3) is 0 Å². The Balaban J connectivity index is 0.00000289. The summed E-state index contributed by atoms with van der Waals surface area (Å²) in [4.78, 5) is 11.4. The molecule has 1 rings (SSSR count). The zero-order valence-corrected chi connectivity index (χ0v) is 12.4. The fourth-order valence-electron chi connectivity index (χ4n) is 1.23. The van der Waals surface area contributed by atoms with Gasteiger partial charge in [0.25, 0.3) is 5.91 Å². The first-order chi connectivity index (χ1) is 8.22. The predicted octanol–water partition coefficient (Wildman–Crippen LogP) is 2.10. The molecule has 1 aromatic carbocycles. The molecule has 0 aliphatic carbocycles. The fourth-order valence-corrected chi connectivity index (χ4v) is 1.49. The van der Waals surface area contributed by atoms with Crippen LogP contribution in [0.2, 0.25) is 0 Å². The molecule has 0 aromatic heterocycles. The van der Waals surface area contributed by atoms with Crippen molar-refractivity contribution in [3.05, 3.63) is 28.7 Å². The minimum Gasteiger partial charge on any atom is -0.484 e. The second-order valence-electron chi connectivity index (χ2n) is 3.59. The molecule has 0 saturated carbocycles. The van der Waals surface area contributed by atoms with E-state index in [1.54, 1.807) is 0 Å². The number of hydrogen-bond acceptors (Lipinski definition) is 3. The maximum Gasteiger partial charge on any atom is 0.257 e. The van der Waals surface area contributed by atoms with Crippen molar-refractivity contribution in [2.75, 3.05) is 19.7 Å². The molecule has 0 spiro atoms. The van der Waals surface area contributed by atoms with Gasteiger partial charge in [-0.3, -0.25) is 4.79 Å². The third kappa shape index (κ3) is 7.53. The molecule has 3 N–H and O–H groups in total. The highest BCUT2D eigenvalue weighted by atomic mass is 79.9. The summed E-state index contributed by atoms with van der Waals surface area (Å²) in [6.45, 7) is 1.36. The Morgan fingerprint density at radius 3 is 2.56 bits per heavy atom. The summed E-state index contributed by atoms with van der Waals surface area (Å²) >= 11 is 3.33. The zero-order valence-electron chi connectivity index (χ0n) is 10.0. The number of rotatable bonds is 7. The van der Waals surface area contributed by atoms with E-state index in [9.17, 15) is 4.79 Å². The molecule has 0 atom stereocenters. The molecule has 18 heavy (non-hydrogen) atoms. The molecule has 0 aliphatic rings. The molecule has 0 radical (unpaired) electrons. The smallest absolute Gasteiger partial charge is 0.257 e. The predicted molar refractivity (Wildman–Crippen MR) is 78.2 cm³/mol. The van der Waals surface area contributed by atoms with Gasteiger partial charge in [0.15, 0.2) is 6.61 Å². The third-order valence-corrected chi connectivity index (χ3v) is 2.67. The number of benzene rings is 1. The number of nitrogens with one attached hydrogen (secondary N) is 1. The SMILES string of the molecule is Cl.NCCCCNC(=O)COc1ccc(Br)cc1. The first-order valence-electron chi connectivity index (χ1n) is 5.57.